The third-order valence-electron chi connectivity index (χ3n) is 5.53. The highest BCUT2D eigenvalue weighted by Gasteiger charge is 2.63. The number of benzene rings is 1. The predicted molar refractivity (Wildman–Crippen MR) is 131 cm³/mol. The summed E-state index contributed by atoms with van der Waals surface area (Å²) in [5.41, 5.74) is -4.07. The van der Waals surface area contributed by atoms with Crippen LogP contribution in [0.25, 0.3) is 0 Å². The molecule has 1 aromatic carbocycles. The third-order valence-corrected chi connectivity index (χ3v) is 7.33. The fraction of sp³-hybridized carbons (Fsp3) is 0.522. The smallest absolute Gasteiger partial charge is 0.342 e. The van der Waals surface area contributed by atoms with Gasteiger partial charge in [-0.1, -0.05) is 18.2 Å². The highest BCUT2D eigenvalue weighted by Crippen LogP contribution is 2.47. The molecule has 2 heterocycles. The Morgan fingerprint density at radius 1 is 1.26 bits per heavy atom. The first-order chi connectivity index (χ1) is 17.7. The number of carbonyl (C=O) groups is 1. The van der Waals surface area contributed by atoms with Gasteiger partial charge in [0.05, 0.1) is 6.10 Å². The van der Waals surface area contributed by atoms with Crippen LogP contribution in [0.1, 0.15) is 33.9 Å². The van der Waals surface area contributed by atoms with Gasteiger partial charge in [-0.05, 0) is 39.8 Å². The number of hydrogen-bond donors (Lipinski definition) is 4. The fourth-order valence-corrected chi connectivity index (χ4v) is 5.40. The molecule has 1 fully saturated rings. The topological polar surface area (TPSA) is 178 Å². The first-order valence-electron chi connectivity index (χ1n) is 11.7. The Morgan fingerprint density at radius 2 is 1.92 bits per heavy atom. The second kappa shape index (κ2) is 11.5. The van der Waals surface area contributed by atoms with Crippen molar-refractivity contribution in [2.45, 2.75) is 63.6 Å². The summed E-state index contributed by atoms with van der Waals surface area (Å²) in [4.78, 5) is 37.7. The molecule has 2 aromatic rings. The van der Waals surface area contributed by atoms with Crippen LogP contribution >= 0.6 is 7.52 Å². The summed E-state index contributed by atoms with van der Waals surface area (Å²) in [6, 6.07) is 7.82. The van der Waals surface area contributed by atoms with Gasteiger partial charge in [0.15, 0.2) is 6.23 Å². The van der Waals surface area contributed by atoms with Crippen molar-refractivity contribution in [2.75, 3.05) is 13.0 Å². The van der Waals surface area contributed by atoms with Crippen molar-refractivity contribution in [2.24, 2.45) is 0 Å². The molecule has 210 valence electrons. The van der Waals surface area contributed by atoms with E-state index in [0.717, 1.165) is 19.2 Å². The molecule has 3 rings (SSSR count). The number of aliphatic hydroxyl groups excluding tert-OH is 1. The maximum atomic E-state index is 15.7. The molecule has 0 saturated carbocycles. The monoisotopic (exact) mass is 559 g/mol. The number of alkyl halides is 1. The van der Waals surface area contributed by atoms with E-state index >= 15 is 4.39 Å². The highest BCUT2D eigenvalue weighted by atomic mass is 31.2. The highest BCUT2D eigenvalue weighted by molar-refractivity contribution is 7.57. The number of esters is 1. The van der Waals surface area contributed by atoms with Crippen LogP contribution in [0.5, 0.6) is 5.75 Å². The molecule has 0 spiro atoms. The van der Waals surface area contributed by atoms with E-state index in [0.29, 0.717) is 4.57 Å². The number of para-hydroxylation sites is 1. The molecule has 4 N–H and O–H groups in total. The number of halogens is 1. The molecule has 6 atom stereocenters. The largest absolute Gasteiger partial charge is 0.462 e. The fourth-order valence-electron chi connectivity index (χ4n) is 3.73. The number of aromatic amines is 1. The van der Waals surface area contributed by atoms with Gasteiger partial charge in [-0.3, -0.25) is 23.7 Å². The van der Waals surface area contributed by atoms with Crippen LogP contribution in [0.15, 0.2) is 52.2 Å². The first-order valence-corrected chi connectivity index (χ1v) is 13.5. The van der Waals surface area contributed by atoms with E-state index in [9.17, 15) is 29.2 Å². The Morgan fingerprint density at radius 3 is 2.53 bits per heavy atom. The van der Waals surface area contributed by atoms with E-state index in [1.807, 2.05) is 4.98 Å². The number of ether oxygens (including phenoxy) is 3. The first kappa shape index (κ1) is 29.7. The molecule has 15 heteroatoms. The Hall–Kier alpha value is -2.87. The lowest BCUT2D eigenvalue weighted by molar-refractivity contribution is -0.213. The van der Waals surface area contributed by atoms with Gasteiger partial charge in [0.1, 0.15) is 36.5 Å². The summed E-state index contributed by atoms with van der Waals surface area (Å²) in [6.07, 6.45) is -4.20. The van der Waals surface area contributed by atoms with E-state index < -0.39 is 73.6 Å². The van der Waals surface area contributed by atoms with Crippen molar-refractivity contribution in [1.82, 2.24) is 14.6 Å². The summed E-state index contributed by atoms with van der Waals surface area (Å²) in [5, 5.41) is 23.8. The van der Waals surface area contributed by atoms with Crippen molar-refractivity contribution >= 4 is 13.5 Å². The van der Waals surface area contributed by atoms with E-state index in [2.05, 4.69) is 5.09 Å². The van der Waals surface area contributed by atoms with E-state index in [1.54, 1.807) is 32.0 Å². The normalized spacial score (nSPS) is 27.6. The minimum Gasteiger partial charge on any atom is -0.462 e. The minimum atomic E-state index is -4.05. The molecule has 0 aliphatic carbocycles. The summed E-state index contributed by atoms with van der Waals surface area (Å²) in [6.45, 7) is 4.67. The number of H-pyrrole nitrogens is 1. The van der Waals surface area contributed by atoms with Crippen molar-refractivity contribution in [3.8, 4) is 5.75 Å². The minimum absolute atomic E-state index is 0.170. The van der Waals surface area contributed by atoms with Gasteiger partial charge in [0, 0.05) is 12.3 Å². The molecule has 1 unspecified atom stereocenters. The maximum Gasteiger partial charge on any atom is 0.342 e. The summed E-state index contributed by atoms with van der Waals surface area (Å²) < 4.78 is 51.2. The van der Waals surface area contributed by atoms with Gasteiger partial charge in [0.2, 0.25) is 0 Å². The van der Waals surface area contributed by atoms with Crippen LogP contribution in [0, 0.1) is 0 Å². The molecule has 0 amide bonds. The second-order valence-electron chi connectivity index (χ2n) is 9.29. The van der Waals surface area contributed by atoms with E-state index in [-0.39, 0.29) is 5.75 Å². The molecule has 1 aliphatic rings. The zero-order valence-electron chi connectivity index (χ0n) is 21.2. The lowest BCUT2D eigenvalue weighted by Crippen LogP contribution is -2.50. The molecule has 38 heavy (non-hydrogen) atoms. The van der Waals surface area contributed by atoms with E-state index in [1.165, 1.54) is 19.1 Å². The Bertz CT molecular complexity index is 1280. The number of hydrogen-bond acceptors (Lipinski definition) is 10. The summed E-state index contributed by atoms with van der Waals surface area (Å²) in [7, 11) is -4.05. The molecule has 13 nitrogen and oxygen atoms in total. The SMILES string of the molecule is CC(C)OC(=O)[C@H](C)NP(=O)(COC[C@@]1(F)O[C@H](n2ccc(=O)[nH]c2=O)[C@](C)(O)[C@@H]1O)Oc1ccccc1. The van der Waals surface area contributed by atoms with E-state index in [4.69, 9.17) is 18.7 Å². The zero-order chi connectivity index (χ0) is 28.3. The molecular formula is C23H31FN3O10P. The Balaban J connectivity index is 1.77. The van der Waals surface area contributed by atoms with Crippen LogP contribution < -0.4 is 20.9 Å². The Kier molecular flexibility index (Phi) is 8.97. The van der Waals surface area contributed by atoms with Crippen molar-refractivity contribution in [1.29, 1.82) is 0 Å². The molecule has 1 saturated heterocycles. The van der Waals surface area contributed by atoms with Crippen molar-refractivity contribution in [3.63, 3.8) is 0 Å². The summed E-state index contributed by atoms with van der Waals surface area (Å²) in [5.74, 6) is -3.61. The Labute approximate surface area is 217 Å². The predicted octanol–water partition coefficient (Wildman–Crippen LogP) is 1.02. The third kappa shape index (κ3) is 6.76. The van der Waals surface area contributed by atoms with Gasteiger partial charge in [-0.2, -0.15) is 0 Å². The van der Waals surface area contributed by atoms with Gasteiger partial charge in [-0.15, -0.1) is 0 Å². The van der Waals surface area contributed by atoms with Gasteiger partial charge >= 0.3 is 19.2 Å². The van der Waals surface area contributed by atoms with Crippen molar-refractivity contribution < 1.29 is 42.7 Å². The van der Waals surface area contributed by atoms with Crippen LogP contribution in [0.3, 0.4) is 0 Å². The lowest BCUT2D eigenvalue weighted by atomic mass is 9.95. The lowest BCUT2D eigenvalue weighted by Gasteiger charge is -2.28. The zero-order valence-corrected chi connectivity index (χ0v) is 22.1. The van der Waals surface area contributed by atoms with Gasteiger partial charge < -0.3 is 28.9 Å². The molecular weight excluding hydrogens is 528 g/mol. The number of rotatable bonds is 11. The number of nitrogens with zero attached hydrogens (tertiary/aromatic N) is 1. The number of aliphatic hydroxyl groups is 2. The average Bonchev–Trinajstić information content (AvgIpc) is 2.99. The maximum absolute atomic E-state index is 15.7. The quantitative estimate of drug-likeness (QED) is 0.228. The van der Waals surface area contributed by atoms with Crippen LogP contribution in [0.2, 0.25) is 0 Å². The molecule has 0 radical (unpaired) electrons. The standard InChI is InChI=1S/C23H31FN3O10P/c1-14(2)35-18(29)15(3)26-38(33,37-16-8-6-5-7-9-16)13-34-12-23(24)19(30)22(4,32)20(36-23)27-11-10-17(28)25-21(27)31/h5-11,14-15,19-20,30,32H,12-13H2,1-4H3,(H,26,33)(H,25,28,31)/t15-,19-,20-,22+,23+,38?/m0/s1. The van der Waals surface area contributed by atoms with Gasteiger partial charge in [-0.25, -0.2) is 14.3 Å². The van der Waals surface area contributed by atoms with Crippen molar-refractivity contribution in [3.05, 3.63) is 63.4 Å². The van der Waals surface area contributed by atoms with Crippen LogP contribution in [0.4, 0.5) is 4.39 Å². The van der Waals surface area contributed by atoms with Crippen LogP contribution in [-0.4, -0.2) is 68.4 Å². The molecule has 1 aromatic heterocycles. The second-order valence-corrected chi connectivity index (χ2v) is 11.3. The number of carbonyl (C=O) groups excluding carboxylic acids is 1. The average molecular weight is 559 g/mol. The molecule has 1 aliphatic heterocycles. The van der Waals surface area contributed by atoms with Gasteiger partial charge in [0.25, 0.3) is 11.4 Å². The molecule has 0 bridgehead atoms. The number of nitrogens with one attached hydrogen (secondary N) is 2. The van der Waals surface area contributed by atoms with Crippen LogP contribution in [-0.2, 0) is 23.6 Å². The summed E-state index contributed by atoms with van der Waals surface area (Å²) >= 11 is 0. The number of aromatic nitrogens is 2.